The molecule has 7 nitrogen and oxygen atoms in total. The highest BCUT2D eigenvalue weighted by Gasteiger charge is 2.70. The molecule has 0 spiro atoms. The first-order valence-corrected chi connectivity index (χ1v) is 28.1. The van der Waals surface area contributed by atoms with Crippen LogP contribution in [0.4, 0.5) is 0 Å². The lowest BCUT2D eigenvalue weighted by Gasteiger charge is -2.63. The molecular formula is C33H69NO6Si4. The summed E-state index contributed by atoms with van der Waals surface area (Å²) in [4.78, 5) is 43.9. The van der Waals surface area contributed by atoms with Crippen LogP contribution in [0.1, 0.15) is 96.9 Å². The Morgan fingerprint density at radius 3 is 1.20 bits per heavy atom. The van der Waals surface area contributed by atoms with Crippen LogP contribution in [-0.4, -0.2) is 67.7 Å². The monoisotopic (exact) mass is 688 g/mol. The minimum Gasteiger partial charge on any atom is -0.518 e. The summed E-state index contributed by atoms with van der Waals surface area (Å²) in [5, 5.41) is -0.823. The van der Waals surface area contributed by atoms with Gasteiger partial charge in [-0.25, -0.2) is 0 Å². The Bertz CT molecular complexity index is 1060. The summed E-state index contributed by atoms with van der Waals surface area (Å²) < 4.78 is 21.7. The number of hydrogen-bond acceptors (Lipinski definition) is 6. The average molecular weight is 689 g/mol. The minimum atomic E-state index is -2.65. The fraction of sp³-hybridized carbons (Fsp3) is 0.909. The summed E-state index contributed by atoms with van der Waals surface area (Å²) in [5.74, 6) is -1.89. The third kappa shape index (κ3) is 7.52. The van der Waals surface area contributed by atoms with Gasteiger partial charge < -0.3 is 17.8 Å². The molecule has 0 saturated carbocycles. The molecule has 0 radical (unpaired) electrons. The molecule has 11 heteroatoms. The Morgan fingerprint density at radius 2 is 0.932 bits per heavy atom. The highest BCUT2D eigenvalue weighted by molar-refractivity contribution is 6.80. The van der Waals surface area contributed by atoms with Crippen LogP contribution >= 0.6 is 0 Å². The van der Waals surface area contributed by atoms with Crippen molar-refractivity contribution in [2.24, 2.45) is 11.3 Å². The van der Waals surface area contributed by atoms with Gasteiger partial charge in [0.05, 0.1) is 18.1 Å². The fourth-order valence-electron chi connectivity index (χ4n) is 4.59. The Kier molecular flexibility index (Phi) is 11.3. The van der Waals surface area contributed by atoms with Crippen LogP contribution < -0.4 is 0 Å². The van der Waals surface area contributed by atoms with E-state index in [-0.39, 0.29) is 26.1 Å². The highest BCUT2D eigenvalue weighted by atomic mass is 28.4. The van der Waals surface area contributed by atoms with Gasteiger partial charge in [0.1, 0.15) is 0 Å². The summed E-state index contributed by atoms with van der Waals surface area (Å²) in [6, 6.07) is -0.745. The van der Waals surface area contributed by atoms with Crippen molar-refractivity contribution < 1.29 is 27.7 Å². The van der Waals surface area contributed by atoms with Crippen LogP contribution in [0.25, 0.3) is 0 Å². The van der Waals surface area contributed by atoms with E-state index in [1.165, 1.54) is 0 Å². The van der Waals surface area contributed by atoms with Gasteiger partial charge in [-0.3, -0.25) is 14.4 Å². The zero-order valence-electron chi connectivity index (χ0n) is 32.6. The van der Waals surface area contributed by atoms with Gasteiger partial charge in [-0.15, -0.1) is 0 Å². The molecule has 1 amide bonds. The Hall–Kier alpha value is -0.762. The van der Waals surface area contributed by atoms with Crippen LogP contribution in [0, 0.1) is 11.3 Å². The van der Waals surface area contributed by atoms with Crippen LogP contribution in [0.3, 0.4) is 0 Å². The van der Waals surface area contributed by atoms with Gasteiger partial charge in [0.25, 0.3) is 16.6 Å². The second-order valence-electron chi connectivity index (χ2n) is 19.6. The van der Waals surface area contributed by atoms with Gasteiger partial charge in [-0.2, -0.15) is 0 Å². The Morgan fingerprint density at radius 1 is 0.614 bits per heavy atom. The highest BCUT2D eigenvalue weighted by Crippen LogP contribution is 2.53. The first kappa shape index (κ1) is 41.3. The van der Waals surface area contributed by atoms with E-state index >= 15 is 0 Å². The molecular weight excluding hydrogens is 620 g/mol. The molecule has 1 rings (SSSR count). The van der Waals surface area contributed by atoms with Crippen molar-refractivity contribution in [3.8, 4) is 0 Å². The Balaban J connectivity index is 4.07. The van der Waals surface area contributed by atoms with E-state index in [0.29, 0.717) is 0 Å². The Labute approximate surface area is 275 Å². The molecule has 1 saturated heterocycles. The molecule has 4 atom stereocenters. The van der Waals surface area contributed by atoms with Gasteiger partial charge in [0.2, 0.25) is 5.91 Å². The molecule has 258 valence electrons. The quantitative estimate of drug-likeness (QED) is 0.104. The molecule has 0 aromatic rings. The molecule has 0 bridgehead atoms. The van der Waals surface area contributed by atoms with Crippen molar-refractivity contribution in [1.29, 1.82) is 0 Å². The van der Waals surface area contributed by atoms with Gasteiger partial charge in [0.15, 0.2) is 22.0 Å². The minimum absolute atomic E-state index is 0.0423. The van der Waals surface area contributed by atoms with Crippen molar-refractivity contribution in [3.63, 3.8) is 0 Å². The maximum absolute atomic E-state index is 14.8. The van der Waals surface area contributed by atoms with E-state index in [0.717, 1.165) is 0 Å². The SMILES string of the molecule is C[C@@H](O[Si](C)(C)C(C)(C)C)[C@H]1C(=O)N([Si](C)(C)C(C)(C)C)[C@@H]1C(C)(C(=O)O[Si](C)(C)C(C)(C)C)[13C](=O)O[Si](C)(C)C(C)(C)C. The number of carbonyl (C=O) groups excluding carboxylic acids is 3. The zero-order valence-corrected chi connectivity index (χ0v) is 36.6. The smallest absolute Gasteiger partial charge is 0.312 e. The number of hydrogen-bond donors (Lipinski definition) is 0. The summed E-state index contributed by atoms with van der Waals surface area (Å²) in [5.41, 5.74) is -1.73. The second kappa shape index (κ2) is 12.0. The predicted molar refractivity (Wildman–Crippen MR) is 194 cm³/mol. The second-order valence-corrected chi connectivity index (χ2v) is 38.9. The summed E-state index contributed by atoms with van der Waals surface area (Å²) in [7, 11) is -10.2. The molecule has 0 aromatic carbocycles. The summed E-state index contributed by atoms with van der Waals surface area (Å²) in [6.07, 6.45) is -0.491. The third-order valence-corrected chi connectivity index (χ3v) is 30.7. The first-order valence-electron chi connectivity index (χ1n) is 16.4. The van der Waals surface area contributed by atoms with E-state index in [9.17, 15) is 14.4 Å². The lowest BCUT2D eigenvalue weighted by molar-refractivity contribution is -0.181. The molecule has 0 N–H and O–H groups in total. The molecule has 1 heterocycles. The summed E-state index contributed by atoms with van der Waals surface area (Å²) in [6.45, 7) is 45.7. The number of carbonyl (C=O) groups is 3. The first-order chi connectivity index (χ1) is 18.9. The zero-order chi connectivity index (χ0) is 35.7. The van der Waals surface area contributed by atoms with Crippen LogP contribution in [0.5, 0.6) is 0 Å². The van der Waals surface area contributed by atoms with Gasteiger partial charge >= 0.3 is 11.9 Å². The van der Waals surface area contributed by atoms with Crippen LogP contribution in [-0.2, 0) is 27.7 Å². The van der Waals surface area contributed by atoms with Crippen molar-refractivity contribution in [2.75, 3.05) is 0 Å². The van der Waals surface area contributed by atoms with Crippen molar-refractivity contribution >= 4 is 51.0 Å². The third-order valence-electron chi connectivity index (χ3n) is 12.1. The number of β-lactam (4-membered cyclic amide) rings is 1. The molecule has 1 aliphatic rings. The van der Waals surface area contributed by atoms with Gasteiger partial charge in [0, 0.05) is 0 Å². The predicted octanol–water partition coefficient (Wildman–Crippen LogP) is 9.33. The number of amides is 1. The van der Waals surface area contributed by atoms with Crippen molar-refractivity contribution in [3.05, 3.63) is 0 Å². The van der Waals surface area contributed by atoms with E-state index in [1.54, 1.807) is 6.92 Å². The van der Waals surface area contributed by atoms with E-state index in [2.05, 4.69) is 109 Å². The van der Waals surface area contributed by atoms with E-state index < -0.39 is 68.6 Å². The molecule has 1 unspecified atom stereocenters. The van der Waals surface area contributed by atoms with Crippen LogP contribution in [0.15, 0.2) is 0 Å². The standard InChI is InChI=1S/C33H69NO6Si4/c1-23(38-42(17,18)30(5,6)7)24-25(34(26(24)35)41(15,16)29(2,3)4)33(14,27(36)39-43(19,20)31(8,9)10)28(37)40-44(21,22)32(11,12)13/h23-25H,1-22H3/t23-,24-,25+/m1/s1/i27+1/t23-,24-,25+,33?. The lowest BCUT2D eigenvalue weighted by atomic mass is 9.72. The van der Waals surface area contributed by atoms with E-state index in [1.807, 2.05) is 37.7 Å². The number of nitrogens with zero attached hydrogens (tertiary/aromatic N) is 1. The van der Waals surface area contributed by atoms with Crippen molar-refractivity contribution in [1.82, 2.24) is 4.57 Å². The topological polar surface area (TPSA) is 82.1 Å². The van der Waals surface area contributed by atoms with Crippen LogP contribution in [0.2, 0.25) is 72.5 Å². The molecule has 0 aliphatic carbocycles. The lowest BCUT2D eigenvalue weighted by Crippen LogP contribution is -2.80. The normalized spacial score (nSPS) is 21.8. The molecule has 1 aliphatic heterocycles. The maximum atomic E-state index is 14.8. The van der Waals surface area contributed by atoms with Crippen molar-refractivity contribution in [2.45, 2.75) is 182 Å². The maximum Gasteiger partial charge on any atom is 0.312 e. The largest absolute Gasteiger partial charge is 0.518 e. The van der Waals surface area contributed by atoms with E-state index in [4.69, 9.17) is 13.3 Å². The van der Waals surface area contributed by atoms with Gasteiger partial charge in [-0.1, -0.05) is 96.2 Å². The molecule has 44 heavy (non-hydrogen) atoms. The molecule has 0 aromatic heterocycles. The summed E-state index contributed by atoms with van der Waals surface area (Å²) >= 11 is 0. The van der Waals surface area contributed by atoms with Gasteiger partial charge in [-0.05, 0) is 73.3 Å². The fourth-order valence-corrected chi connectivity index (χ4v) is 10.5. The molecule has 1 fully saturated rings. The number of rotatable bonds is 9. The average Bonchev–Trinajstić information content (AvgIpc) is 2.72.